The minimum atomic E-state index is 0.140. The summed E-state index contributed by atoms with van der Waals surface area (Å²) in [4.78, 5) is 18.7. The van der Waals surface area contributed by atoms with Gasteiger partial charge in [-0.15, -0.1) is 22.9 Å². The molecule has 1 aromatic carbocycles. The molecule has 1 aliphatic rings. The van der Waals surface area contributed by atoms with Gasteiger partial charge >= 0.3 is 0 Å². The Balaban J connectivity index is 1.66. The first-order valence-corrected chi connectivity index (χ1v) is 8.06. The molecule has 1 aliphatic heterocycles. The molecule has 104 valence electrons. The summed E-state index contributed by atoms with van der Waals surface area (Å²) in [6, 6.07) is 7.87. The van der Waals surface area contributed by atoms with Gasteiger partial charge in [0.2, 0.25) is 0 Å². The summed E-state index contributed by atoms with van der Waals surface area (Å²) in [7, 11) is 0. The predicted molar refractivity (Wildman–Crippen MR) is 81.4 cm³/mol. The molecule has 0 N–H and O–H groups in total. The summed E-state index contributed by atoms with van der Waals surface area (Å²) < 4.78 is 0. The van der Waals surface area contributed by atoms with Crippen molar-refractivity contribution in [2.45, 2.75) is 18.7 Å². The molecular weight excluding hydrogens is 292 g/mol. The van der Waals surface area contributed by atoms with Gasteiger partial charge in [0.15, 0.2) is 0 Å². The summed E-state index contributed by atoms with van der Waals surface area (Å²) in [6.07, 6.45) is 1.74. The van der Waals surface area contributed by atoms with E-state index in [1.54, 1.807) is 11.3 Å². The first-order valence-electron chi connectivity index (χ1n) is 6.64. The fourth-order valence-electron chi connectivity index (χ4n) is 2.44. The molecule has 1 aromatic heterocycles. The van der Waals surface area contributed by atoms with Crippen molar-refractivity contribution in [1.82, 2.24) is 9.88 Å². The van der Waals surface area contributed by atoms with Gasteiger partial charge in [-0.2, -0.15) is 0 Å². The fourth-order valence-corrected chi connectivity index (χ4v) is 3.46. The number of carbonyl (C=O) groups excluding carboxylic acids is 1. The summed E-state index contributed by atoms with van der Waals surface area (Å²) in [6.45, 7) is 1.52. The number of nitrogens with zero attached hydrogens (tertiary/aromatic N) is 2. The smallest absolute Gasteiger partial charge is 0.254 e. The lowest BCUT2D eigenvalue weighted by Crippen LogP contribution is -2.38. The van der Waals surface area contributed by atoms with E-state index in [1.165, 1.54) is 0 Å². The monoisotopic (exact) mass is 306 g/mol. The molecule has 5 heteroatoms. The summed E-state index contributed by atoms with van der Waals surface area (Å²) in [5.74, 6) is 0.591. The van der Waals surface area contributed by atoms with Crippen molar-refractivity contribution in [2.75, 3.05) is 13.1 Å². The standard InChI is InChI=1S/C15H15ClN2OS/c16-9-12-10-20-14(17-12)6-8-18-7-5-11-3-1-2-4-13(11)15(18)19/h1-4,10H,5-9H2. The number of alkyl halides is 1. The van der Waals surface area contributed by atoms with E-state index in [0.717, 1.165) is 47.8 Å². The number of hydrogen-bond donors (Lipinski definition) is 0. The molecule has 0 spiro atoms. The number of amides is 1. The number of carbonyl (C=O) groups is 1. The van der Waals surface area contributed by atoms with E-state index in [0.29, 0.717) is 5.88 Å². The second-order valence-electron chi connectivity index (χ2n) is 4.82. The summed E-state index contributed by atoms with van der Waals surface area (Å²) >= 11 is 7.36. The third-order valence-electron chi connectivity index (χ3n) is 3.52. The maximum Gasteiger partial charge on any atom is 0.254 e. The van der Waals surface area contributed by atoms with Crippen molar-refractivity contribution < 1.29 is 4.79 Å². The third kappa shape index (κ3) is 2.72. The Bertz CT molecular complexity index is 626. The van der Waals surface area contributed by atoms with Crippen molar-refractivity contribution in [3.05, 3.63) is 51.5 Å². The van der Waals surface area contributed by atoms with Crippen LogP contribution >= 0.6 is 22.9 Å². The topological polar surface area (TPSA) is 33.2 Å². The van der Waals surface area contributed by atoms with Crippen LogP contribution in [0.1, 0.15) is 26.6 Å². The average Bonchev–Trinajstić information content (AvgIpc) is 2.95. The van der Waals surface area contributed by atoms with Gasteiger partial charge in [-0.3, -0.25) is 4.79 Å². The van der Waals surface area contributed by atoms with E-state index >= 15 is 0 Å². The zero-order chi connectivity index (χ0) is 13.9. The first kappa shape index (κ1) is 13.6. The SMILES string of the molecule is O=C1c2ccccc2CCN1CCc1nc(CCl)cs1. The highest BCUT2D eigenvalue weighted by Gasteiger charge is 2.23. The minimum Gasteiger partial charge on any atom is -0.338 e. The lowest BCUT2D eigenvalue weighted by Gasteiger charge is -2.28. The number of hydrogen-bond acceptors (Lipinski definition) is 3. The maximum absolute atomic E-state index is 12.4. The second-order valence-corrected chi connectivity index (χ2v) is 6.03. The molecule has 0 atom stereocenters. The number of benzene rings is 1. The van der Waals surface area contributed by atoms with Crippen LogP contribution in [0.5, 0.6) is 0 Å². The molecule has 1 amide bonds. The Morgan fingerprint density at radius 1 is 1.35 bits per heavy atom. The predicted octanol–water partition coefficient (Wildman–Crippen LogP) is 3.12. The van der Waals surface area contributed by atoms with E-state index in [2.05, 4.69) is 4.98 Å². The highest BCUT2D eigenvalue weighted by Crippen LogP contribution is 2.19. The Kier molecular flexibility index (Phi) is 4.03. The van der Waals surface area contributed by atoms with E-state index < -0.39 is 0 Å². The quantitative estimate of drug-likeness (QED) is 0.813. The van der Waals surface area contributed by atoms with Crippen LogP contribution in [0.3, 0.4) is 0 Å². The van der Waals surface area contributed by atoms with Crippen LogP contribution in [0, 0.1) is 0 Å². The van der Waals surface area contributed by atoms with Crippen molar-refractivity contribution >= 4 is 28.8 Å². The molecule has 3 nitrogen and oxygen atoms in total. The lowest BCUT2D eigenvalue weighted by atomic mass is 9.99. The molecular formula is C15H15ClN2OS. The Hall–Kier alpha value is -1.39. The van der Waals surface area contributed by atoms with Gasteiger partial charge in [-0.05, 0) is 18.1 Å². The van der Waals surface area contributed by atoms with Crippen LogP contribution in [0.2, 0.25) is 0 Å². The van der Waals surface area contributed by atoms with E-state index in [4.69, 9.17) is 11.6 Å². The Morgan fingerprint density at radius 2 is 2.20 bits per heavy atom. The fraction of sp³-hybridized carbons (Fsp3) is 0.333. The van der Waals surface area contributed by atoms with Gasteiger partial charge < -0.3 is 4.90 Å². The molecule has 0 aliphatic carbocycles. The van der Waals surface area contributed by atoms with Crippen LogP contribution in [-0.4, -0.2) is 28.9 Å². The zero-order valence-corrected chi connectivity index (χ0v) is 12.6. The van der Waals surface area contributed by atoms with Crippen LogP contribution < -0.4 is 0 Å². The summed E-state index contributed by atoms with van der Waals surface area (Å²) in [5.41, 5.74) is 2.92. The van der Waals surface area contributed by atoms with Crippen molar-refractivity contribution in [3.63, 3.8) is 0 Å². The minimum absolute atomic E-state index is 0.140. The molecule has 0 unspecified atom stereocenters. The van der Waals surface area contributed by atoms with Crippen molar-refractivity contribution in [3.8, 4) is 0 Å². The molecule has 0 saturated heterocycles. The summed E-state index contributed by atoms with van der Waals surface area (Å²) in [5, 5.41) is 3.03. The molecule has 2 heterocycles. The largest absolute Gasteiger partial charge is 0.338 e. The maximum atomic E-state index is 12.4. The first-order chi connectivity index (χ1) is 9.78. The van der Waals surface area contributed by atoms with Gasteiger partial charge in [-0.1, -0.05) is 18.2 Å². The zero-order valence-electron chi connectivity index (χ0n) is 11.0. The number of fused-ring (bicyclic) bond motifs is 1. The molecule has 20 heavy (non-hydrogen) atoms. The van der Waals surface area contributed by atoms with Gasteiger partial charge in [0.05, 0.1) is 16.6 Å². The number of halogens is 1. The van der Waals surface area contributed by atoms with Crippen LogP contribution in [0.4, 0.5) is 0 Å². The van der Waals surface area contributed by atoms with Crippen molar-refractivity contribution in [1.29, 1.82) is 0 Å². The van der Waals surface area contributed by atoms with Gasteiger partial charge in [0.1, 0.15) is 0 Å². The van der Waals surface area contributed by atoms with Gasteiger partial charge in [0.25, 0.3) is 5.91 Å². The number of thiazole rings is 1. The van der Waals surface area contributed by atoms with Gasteiger partial charge in [0, 0.05) is 30.5 Å². The second kappa shape index (κ2) is 5.94. The highest BCUT2D eigenvalue weighted by atomic mass is 35.5. The Labute approximate surface area is 127 Å². The van der Waals surface area contributed by atoms with Crippen LogP contribution in [0.25, 0.3) is 0 Å². The normalized spacial score (nSPS) is 14.4. The number of aromatic nitrogens is 1. The Morgan fingerprint density at radius 3 is 3.00 bits per heavy atom. The molecule has 2 aromatic rings. The van der Waals surface area contributed by atoms with Gasteiger partial charge in [-0.25, -0.2) is 4.98 Å². The number of rotatable bonds is 4. The van der Waals surface area contributed by atoms with E-state index in [9.17, 15) is 4.79 Å². The lowest BCUT2D eigenvalue weighted by molar-refractivity contribution is 0.0742. The van der Waals surface area contributed by atoms with Crippen LogP contribution in [-0.2, 0) is 18.7 Å². The molecule has 3 rings (SSSR count). The molecule has 0 saturated carbocycles. The third-order valence-corrected chi connectivity index (χ3v) is 4.75. The van der Waals surface area contributed by atoms with E-state index in [-0.39, 0.29) is 5.91 Å². The highest BCUT2D eigenvalue weighted by molar-refractivity contribution is 7.09. The average molecular weight is 307 g/mol. The molecule has 0 bridgehead atoms. The molecule has 0 radical (unpaired) electrons. The molecule has 0 fully saturated rings. The van der Waals surface area contributed by atoms with Crippen molar-refractivity contribution in [2.24, 2.45) is 0 Å². The van der Waals surface area contributed by atoms with E-state index in [1.807, 2.05) is 34.5 Å². The van der Waals surface area contributed by atoms with Crippen LogP contribution in [0.15, 0.2) is 29.6 Å².